The quantitative estimate of drug-likeness (QED) is 0.725. The van der Waals surface area contributed by atoms with Gasteiger partial charge in [0.2, 0.25) is 5.88 Å². The Labute approximate surface area is 147 Å². The first-order valence-corrected chi connectivity index (χ1v) is 8.03. The summed E-state index contributed by atoms with van der Waals surface area (Å²) in [5.41, 5.74) is 0.562. The molecule has 1 aliphatic rings. The second kappa shape index (κ2) is 7.31. The van der Waals surface area contributed by atoms with Crippen LogP contribution in [0.15, 0.2) is 42.6 Å². The van der Waals surface area contributed by atoms with Crippen LogP contribution < -0.4 is 4.74 Å². The Bertz CT molecular complexity index is 791. The van der Waals surface area contributed by atoms with Gasteiger partial charge in [0.25, 0.3) is 5.91 Å². The van der Waals surface area contributed by atoms with Gasteiger partial charge in [-0.3, -0.25) is 4.79 Å². The van der Waals surface area contributed by atoms with Gasteiger partial charge in [0.15, 0.2) is 6.61 Å². The van der Waals surface area contributed by atoms with Crippen LogP contribution in [0.25, 0.3) is 0 Å². The Kier molecular flexibility index (Phi) is 5.11. The normalized spacial score (nSPS) is 14.2. The maximum Gasteiger partial charge on any atom is 0.422 e. The number of amides is 1. The standard InChI is InChI=1S/C18H16F4N2O2/c19-13-4-1-3-12(9-13)10-24(14-6-7-14)17(25)15-5-2-8-23-16(15)26-11-18(20,21)22/h1-5,8-9,14H,6-7,10-11H2. The topological polar surface area (TPSA) is 42.4 Å². The molecule has 8 heteroatoms. The van der Waals surface area contributed by atoms with Crippen LogP contribution in [0.3, 0.4) is 0 Å². The predicted octanol–water partition coefficient (Wildman–Crippen LogP) is 3.97. The summed E-state index contributed by atoms with van der Waals surface area (Å²) in [6.07, 6.45) is -1.69. The Morgan fingerprint density at radius 2 is 2.00 bits per heavy atom. The Balaban J connectivity index is 1.81. The van der Waals surface area contributed by atoms with E-state index in [1.807, 2.05) is 0 Å². The van der Waals surface area contributed by atoms with E-state index in [1.165, 1.54) is 35.4 Å². The zero-order valence-electron chi connectivity index (χ0n) is 13.7. The average molecular weight is 368 g/mol. The van der Waals surface area contributed by atoms with Crippen LogP contribution in [0, 0.1) is 5.82 Å². The molecule has 1 saturated carbocycles. The highest BCUT2D eigenvalue weighted by molar-refractivity contribution is 5.96. The van der Waals surface area contributed by atoms with Gasteiger partial charge in [-0.15, -0.1) is 0 Å². The first-order valence-electron chi connectivity index (χ1n) is 8.03. The summed E-state index contributed by atoms with van der Waals surface area (Å²) in [6.45, 7) is -1.37. The van der Waals surface area contributed by atoms with Crippen LogP contribution >= 0.6 is 0 Å². The number of carbonyl (C=O) groups excluding carboxylic acids is 1. The molecule has 1 aromatic carbocycles. The molecule has 0 aliphatic heterocycles. The van der Waals surface area contributed by atoms with E-state index in [1.54, 1.807) is 12.1 Å². The highest BCUT2D eigenvalue weighted by Gasteiger charge is 2.35. The summed E-state index contributed by atoms with van der Waals surface area (Å²) < 4.78 is 55.3. The molecule has 138 valence electrons. The summed E-state index contributed by atoms with van der Waals surface area (Å²) >= 11 is 0. The van der Waals surface area contributed by atoms with Crippen molar-refractivity contribution in [3.63, 3.8) is 0 Å². The third-order valence-electron chi connectivity index (χ3n) is 3.86. The average Bonchev–Trinajstić information content (AvgIpc) is 3.42. The molecule has 0 saturated heterocycles. The summed E-state index contributed by atoms with van der Waals surface area (Å²) in [4.78, 5) is 18.2. The van der Waals surface area contributed by atoms with Crippen LogP contribution in [0.1, 0.15) is 28.8 Å². The number of nitrogens with zero attached hydrogens (tertiary/aromatic N) is 2. The zero-order chi connectivity index (χ0) is 18.7. The highest BCUT2D eigenvalue weighted by atomic mass is 19.4. The van der Waals surface area contributed by atoms with Crippen molar-refractivity contribution in [1.29, 1.82) is 0 Å². The first-order chi connectivity index (χ1) is 12.3. The van der Waals surface area contributed by atoms with Gasteiger partial charge in [-0.1, -0.05) is 12.1 Å². The fourth-order valence-electron chi connectivity index (χ4n) is 2.56. The van der Waals surface area contributed by atoms with Gasteiger partial charge in [0.1, 0.15) is 11.4 Å². The molecule has 3 rings (SSSR count). The monoisotopic (exact) mass is 368 g/mol. The largest absolute Gasteiger partial charge is 0.467 e. The van der Waals surface area contributed by atoms with Crippen molar-refractivity contribution in [3.8, 4) is 5.88 Å². The minimum Gasteiger partial charge on any atom is -0.467 e. The summed E-state index contributed by atoms with van der Waals surface area (Å²) in [5, 5.41) is 0. The van der Waals surface area contributed by atoms with Crippen LogP contribution in [-0.2, 0) is 6.54 Å². The lowest BCUT2D eigenvalue weighted by Gasteiger charge is -2.23. The molecular formula is C18H16F4N2O2. The lowest BCUT2D eigenvalue weighted by Crippen LogP contribution is -2.33. The van der Waals surface area contributed by atoms with E-state index >= 15 is 0 Å². The van der Waals surface area contributed by atoms with Crippen LogP contribution in [0.4, 0.5) is 17.6 Å². The maximum atomic E-state index is 13.4. The lowest BCUT2D eigenvalue weighted by molar-refractivity contribution is -0.154. The molecule has 0 atom stereocenters. The predicted molar refractivity (Wildman–Crippen MR) is 85.1 cm³/mol. The number of halogens is 4. The molecule has 26 heavy (non-hydrogen) atoms. The molecule has 0 radical (unpaired) electrons. The Morgan fingerprint density at radius 3 is 2.65 bits per heavy atom. The molecule has 1 fully saturated rings. The number of pyridine rings is 1. The molecule has 1 aliphatic carbocycles. The van der Waals surface area contributed by atoms with E-state index in [9.17, 15) is 22.4 Å². The first kappa shape index (κ1) is 18.2. The van der Waals surface area contributed by atoms with E-state index in [4.69, 9.17) is 4.74 Å². The summed E-state index contributed by atoms with van der Waals surface area (Å²) in [6, 6.07) is 8.67. The number of alkyl halides is 3. The number of aromatic nitrogens is 1. The molecule has 0 N–H and O–H groups in total. The molecule has 1 amide bonds. The summed E-state index contributed by atoms with van der Waals surface area (Å²) in [7, 11) is 0. The zero-order valence-corrected chi connectivity index (χ0v) is 13.7. The van der Waals surface area contributed by atoms with Gasteiger partial charge in [-0.25, -0.2) is 9.37 Å². The fourth-order valence-corrected chi connectivity index (χ4v) is 2.56. The summed E-state index contributed by atoms with van der Waals surface area (Å²) in [5.74, 6) is -1.26. The Morgan fingerprint density at radius 1 is 1.23 bits per heavy atom. The molecular weight excluding hydrogens is 352 g/mol. The van der Waals surface area contributed by atoms with Gasteiger partial charge < -0.3 is 9.64 Å². The molecule has 0 bridgehead atoms. The number of ether oxygens (including phenoxy) is 1. The van der Waals surface area contributed by atoms with E-state index in [0.717, 1.165) is 12.8 Å². The number of hydrogen-bond donors (Lipinski definition) is 0. The van der Waals surface area contributed by atoms with Gasteiger partial charge in [0.05, 0.1) is 0 Å². The van der Waals surface area contributed by atoms with Crippen LogP contribution in [0.5, 0.6) is 5.88 Å². The van der Waals surface area contributed by atoms with Crippen molar-refractivity contribution >= 4 is 5.91 Å². The van der Waals surface area contributed by atoms with Crippen molar-refractivity contribution < 1.29 is 27.1 Å². The SMILES string of the molecule is O=C(c1cccnc1OCC(F)(F)F)N(Cc1cccc(F)c1)C1CC1. The second-order valence-electron chi connectivity index (χ2n) is 6.05. The van der Waals surface area contributed by atoms with Gasteiger partial charge in [-0.2, -0.15) is 13.2 Å². The molecule has 1 heterocycles. The van der Waals surface area contributed by atoms with Gasteiger partial charge in [0, 0.05) is 18.8 Å². The van der Waals surface area contributed by atoms with Crippen LogP contribution in [0.2, 0.25) is 0 Å². The molecule has 1 aromatic heterocycles. The van der Waals surface area contributed by atoms with Crippen molar-refractivity contribution in [2.45, 2.75) is 31.6 Å². The molecule has 2 aromatic rings. The van der Waals surface area contributed by atoms with Crippen molar-refractivity contribution in [3.05, 3.63) is 59.5 Å². The minimum absolute atomic E-state index is 0.0264. The maximum absolute atomic E-state index is 13.4. The fraction of sp³-hybridized carbons (Fsp3) is 0.333. The number of carbonyl (C=O) groups is 1. The van der Waals surface area contributed by atoms with Gasteiger partial charge >= 0.3 is 6.18 Å². The Hall–Kier alpha value is -2.64. The second-order valence-corrected chi connectivity index (χ2v) is 6.05. The number of hydrogen-bond acceptors (Lipinski definition) is 3. The molecule has 4 nitrogen and oxygen atoms in total. The minimum atomic E-state index is -4.53. The van der Waals surface area contributed by atoms with E-state index in [-0.39, 0.29) is 24.0 Å². The van der Waals surface area contributed by atoms with Crippen molar-refractivity contribution in [2.24, 2.45) is 0 Å². The van der Waals surface area contributed by atoms with E-state index in [2.05, 4.69) is 4.98 Å². The smallest absolute Gasteiger partial charge is 0.422 e. The third kappa shape index (κ3) is 4.71. The van der Waals surface area contributed by atoms with Gasteiger partial charge in [-0.05, 0) is 42.7 Å². The molecule has 0 spiro atoms. The van der Waals surface area contributed by atoms with Crippen LogP contribution in [-0.4, -0.2) is 34.6 Å². The number of benzene rings is 1. The lowest BCUT2D eigenvalue weighted by atomic mass is 10.1. The number of rotatable bonds is 6. The third-order valence-corrected chi connectivity index (χ3v) is 3.86. The molecule has 0 unspecified atom stereocenters. The van der Waals surface area contributed by atoms with Crippen molar-refractivity contribution in [1.82, 2.24) is 9.88 Å². The highest BCUT2D eigenvalue weighted by Crippen LogP contribution is 2.31. The van der Waals surface area contributed by atoms with E-state index < -0.39 is 24.5 Å². The van der Waals surface area contributed by atoms with Crippen molar-refractivity contribution in [2.75, 3.05) is 6.61 Å². The van der Waals surface area contributed by atoms with E-state index in [0.29, 0.717) is 5.56 Å².